The number of carboxylic acid groups (broad SMARTS) is 1. The highest BCUT2D eigenvalue weighted by Gasteiger charge is 2.34. The van der Waals surface area contributed by atoms with Gasteiger partial charge in [0.1, 0.15) is 0 Å². The summed E-state index contributed by atoms with van der Waals surface area (Å²) in [5, 5.41) is 12.2. The minimum atomic E-state index is -0.670. The molecular formula is C14H26N2O2. The molecular weight excluding hydrogens is 228 g/mol. The fourth-order valence-electron chi connectivity index (χ4n) is 3.35. The molecule has 2 rings (SSSR count). The van der Waals surface area contributed by atoms with E-state index in [9.17, 15) is 4.79 Å². The molecule has 0 spiro atoms. The van der Waals surface area contributed by atoms with Crippen molar-refractivity contribution in [3.8, 4) is 0 Å². The molecule has 2 fully saturated rings. The first-order valence-electron chi connectivity index (χ1n) is 7.46. The molecule has 4 nitrogen and oxygen atoms in total. The molecule has 0 aromatic rings. The van der Waals surface area contributed by atoms with Crippen molar-refractivity contribution < 1.29 is 9.90 Å². The van der Waals surface area contributed by atoms with Crippen LogP contribution in [0.3, 0.4) is 0 Å². The van der Waals surface area contributed by atoms with Crippen LogP contribution in [0.4, 0.5) is 0 Å². The minimum absolute atomic E-state index is 0.319. The van der Waals surface area contributed by atoms with Crippen molar-refractivity contribution >= 4 is 5.97 Å². The fourth-order valence-corrected chi connectivity index (χ4v) is 3.35. The zero-order valence-electron chi connectivity index (χ0n) is 11.2. The lowest BCUT2D eigenvalue weighted by molar-refractivity contribution is -0.137. The van der Waals surface area contributed by atoms with Gasteiger partial charge in [-0.3, -0.25) is 9.69 Å². The summed E-state index contributed by atoms with van der Waals surface area (Å²) in [4.78, 5) is 13.0. The summed E-state index contributed by atoms with van der Waals surface area (Å²) in [6.07, 6.45) is 8.68. The summed E-state index contributed by atoms with van der Waals surface area (Å²) in [5.74, 6) is -0.670. The van der Waals surface area contributed by atoms with E-state index in [1.54, 1.807) is 0 Å². The number of carbonyl (C=O) groups is 1. The van der Waals surface area contributed by atoms with Crippen molar-refractivity contribution in [2.45, 2.75) is 63.5 Å². The van der Waals surface area contributed by atoms with Crippen LogP contribution in [0, 0.1) is 0 Å². The molecule has 0 amide bonds. The largest absolute Gasteiger partial charge is 0.481 e. The number of nitrogens with zero attached hydrogens (tertiary/aromatic N) is 1. The molecule has 0 radical (unpaired) electrons. The van der Waals surface area contributed by atoms with Gasteiger partial charge >= 0.3 is 5.97 Å². The molecule has 2 atom stereocenters. The van der Waals surface area contributed by atoms with Crippen LogP contribution < -0.4 is 5.32 Å². The molecule has 4 heteroatoms. The Morgan fingerprint density at radius 2 is 2.06 bits per heavy atom. The number of aliphatic carboxylic acids is 1. The van der Waals surface area contributed by atoms with Crippen molar-refractivity contribution in [3.05, 3.63) is 0 Å². The van der Waals surface area contributed by atoms with Gasteiger partial charge < -0.3 is 10.4 Å². The highest BCUT2D eigenvalue weighted by molar-refractivity contribution is 5.66. The lowest BCUT2D eigenvalue weighted by Crippen LogP contribution is -2.45. The zero-order chi connectivity index (χ0) is 12.8. The van der Waals surface area contributed by atoms with Gasteiger partial charge in [0.2, 0.25) is 0 Å². The second-order valence-corrected chi connectivity index (χ2v) is 5.65. The molecule has 0 aromatic carbocycles. The molecule has 0 bridgehead atoms. The Morgan fingerprint density at radius 1 is 1.17 bits per heavy atom. The van der Waals surface area contributed by atoms with Crippen molar-refractivity contribution in [3.63, 3.8) is 0 Å². The van der Waals surface area contributed by atoms with Crippen molar-refractivity contribution in [2.75, 3.05) is 19.6 Å². The van der Waals surface area contributed by atoms with Crippen LogP contribution in [-0.2, 0) is 4.79 Å². The van der Waals surface area contributed by atoms with Gasteiger partial charge in [-0.25, -0.2) is 0 Å². The number of hydrogen-bond donors (Lipinski definition) is 2. The Bertz CT molecular complexity index is 271. The van der Waals surface area contributed by atoms with E-state index in [1.165, 1.54) is 38.8 Å². The van der Waals surface area contributed by atoms with Crippen molar-refractivity contribution in [2.24, 2.45) is 0 Å². The van der Waals surface area contributed by atoms with Gasteiger partial charge in [-0.15, -0.1) is 0 Å². The van der Waals surface area contributed by atoms with Crippen LogP contribution in [0.1, 0.15) is 51.4 Å². The quantitative estimate of drug-likeness (QED) is 0.681. The highest BCUT2D eigenvalue weighted by atomic mass is 16.4. The van der Waals surface area contributed by atoms with Crippen LogP contribution in [-0.4, -0.2) is 47.7 Å². The maximum Gasteiger partial charge on any atom is 0.303 e. The Hall–Kier alpha value is -0.610. The Balaban J connectivity index is 1.55. The van der Waals surface area contributed by atoms with E-state index in [0.29, 0.717) is 12.5 Å². The van der Waals surface area contributed by atoms with Crippen LogP contribution in [0.2, 0.25) is 0 Å². The number of fused-ring (bicyclic) bond motifs is 1. The lowest BCUT2D eigenvalue weighted by Gasteiger charge is -2.32. The molecule has 18 heavy (non-hydrogen) atoms. The topological polar surface area (TPSA) is 52.6 Å². The predicted octanol–water partition coefficient (Wildman–Crippen LogP) is 1.85. The van der Waals surface area contributed by atoms with Gasteiger partial charge in [-0.05, 0) is 45.2 Å². The second-order valence-electron chi connectivity index (χ2n) is 5.65. The molecule has 0 aliphatic carbocycles. The molecule has 0 saturated carbocycles. The average Bonchev–Trinajstić information content (AvgIpc) is 2.77. The van der Waals surface area contributed by atoms with Gasteiger partial charge in [0, 0.05) is 25.0 Å². The number of unbranched alkanes of at least 4 members (excludes halogenated alkanes) is 2. The molecule has 2 heterocycles. The van der Waals surface area contributed by atoms with Gasteiger partial charge in [-0.1, -0.05) is 12.8 Å². The third-order valence-electron chi connectivity index (χ3n) is 4.33. The first kappa shape index (κ1) is 13.8. The normalized spacial score (nSPS) is 28.2. The smallest absolute Gasteiger partial charge is 0.303 e. The molecule has 104 valence electrons. The summed E-state index contributed by atoms with van der Waals surface area (Å²) in [6.45, 7) is 3.61. The van der Waals surface area contributed by atoms with Gasteiger partial charge in [-0.2, -0.15) is 0 Å². The van der Waals surface area contributed by atoms with E-state index < -0.39 is 5.97 Å². The van der Waals surface area contributed by atoms with Crippen LogP contribution in [0.15, 0.2) is 0 Å². The van der Waals surface area contributed by atoms with Gasteiger partial charge in [0.25, 0.3) is 0 Å². The summed E-state index contributed by atoms with van der Waals surface area (Å²) < 4.78 is 0. The van der Waals surface area contributed by atoms with E-state index in [0.717, 1.165) is 31.8 Å². The maximum absolute atomic E-state index is 10.4. The monoisotopic (exact) mass is 254 g/mol. The van der Waals surface area contributed by atoms with E-state index in [2.05, 4.69) is 10.2 Å². The van der Waals surface area contributed by atoms with E-state index in [-0.39, 0.29) is 0 Å². The molecule has 2 saturated heterocycles. The first-order valence-corrected chi connectivity index (χ1v) is 7.46. The Kier molecular flexibility index (Phi) is 5.45. The average molecular weight is 254 g/mol. The Labute approximate surface area is 110 Å². The number of nitrogens with one attached hydrogen (secondary N) is 1. The molecule has 0 aromatic heterocycles. The van der Waals surface area contributed by atoms with Crippen LogP contribution in [0.25, 0.3) is 0 Å². The van der Waals surface area contributed by atoms with Crippen LogP contribution >= 0.6 is 0 Å². The lowest BCUT2D eigenvalue weighted by atomic mass is 9.99. The second kappa shape index (κ2) is 7.10. The summed E-state index contributed by atoms with van der Waals surface area (Å²) >= 11 is 0. The highest BCUT2D eigenvalue weighted by Crippen LogP contribution is 2.27. The molecule has 2 aliphatic rings. The zero-order valence-corrected chi connectivity index (χ0v) is 11.2. The summed E-state index contributed by atoms with van der Waals surface area (Å²) in [7, 11) is 0. The fraction of sp³-hybridized carbons (Fsp3) is 0.929. The number of rotatable bonds is 7. The van der Waals surface area contributed by atoms with Gasteiger partial charge in [0.05, 0.1) is 0 Å². The summed E-state index contributed by atoms with van der Waals surface area (Å²) in [6, 6.07) is 1.46. The SMILES string of the molecule is O=C(O)CCCCCNC1CCN2CCCCC12. The molecule has 2 unspecified atom stereocenters. The number of carboxylic acids is 1. The Morgan fingerprint density at radius 3 is 2.89 bits per heavy atom. The van der Waals surface area contributed by atoms with Crippen LogP contribution in [0.5, 0.6) is 0 Å². The number of hydrogen-bond acceptors (Lipinski definition) is 3. The van der Waals surface area contributed by atoms with Crippen molar-refractivity contribution in [1.82, 2.24) is 10.2 Å². The summed E-state index contributed by atoms with van der Waals surface area (Å²) in [5.41, 5.74) is 0. The first-order chi connectivity index (χ1) is 8.77. The molecule has 2 N–H and O–H groups in total. The van der Waals surface area contributed by atoms with E-state index in [1.807, 2.05) is 0 Å². The third kappa shape index (κ3) is 3.95. The van der Waals surface area contributed by atoms with Gasteiger partial charge in [0.15, 0.2) is 0 Å². The standard InChI is InChI=1S/C14H26N2O2/c17-14(18)7-2-1-4-9-15-12-8-11-16-10-5-3-6-13(12)16/h12-13,15H,1-11H2,(H,17,18). The maximum atomic E-state index is 10.4. The van der Waals surface area contributed by atoms with Crippen molar-refractivity contribution in [1.29, 1.82) is 0 Å². The predicted molar refractivity (Wildman–Crippen MR) is 71.7 cm³/mol. The van der Waals surface area contributed by atoms with E-state index in [4.69, 9.17) is 5.11 Å². The number of piperidine rings is 1. The minimum Gasteiger partial charge on any atom is -0.481 e. The van der Waals surface area contributed by atoms with E-state index >= 15 is 0 Å². The third-order valence-corrected chi connectivity index (χ3v) is 4.33. The molecule has 2 aliphatic heterocycles.